The average Bonchev–Trinajstić information content (AvgIpc) is 2.71. The second kappa shape index (κ2) is 12.0. The van der Waals surface area contributed by atoms with Crippen LogP contribution in [0.1, 0.15) is 36.7 Å². The van der Waals surface area contributed by atoms with E-state index in [0.717, 1.165) is 5.56 Å². The van der Waals surface area contributed by atoms with Crippen LogP contribution in [0, 0.1) is 0 Å². The molecule has 4 N–H and O–H groups in total. The maximum atomic E-state index is 12.6. The molecule has 8 heteroatoms. The third-order valence-corrected chi connectivity index (χ3v) is 4.01. The molecule has 0 aromatic heterocycles. The molecule has 0 spiro atoms. The van der Waals surface area contributed by atoms with Crippen LogP contribution in [-0.2, 0) is 16.0 Å². The van der Waals surface area contributed by atoms with Gasteiger partial charge in [0.1, 0.15) is 5.60 Å². The predicted molar refractivity (Wildman–Crippen MR) is 120 cm³/mol. The largest absolute Gasteiger partial charge is 0.444 e. The molecule has 168 valence electrons. The summed E-state index contributed by atoms with van der Waals surface area (Å²) < 4.78 is 10.5. The third-order valence-electron chi connectivity index (χ3n) is 4.01. The highest BCUT2D eigenvalue weighted by molar-refractivity contribution is 6.06. The first-order valence-corrected chi connectivity index (χ1v) is 10.2. The van der Waals surface area contributed by atoms with E-state index in [1.807, 2.05) is 12.1 Å². The molecule has 31 heavy (non-hydrogen) atoms. The Balaban J connectivity index is 1.91. The summed E-state index contributed by atoms with van der Waals surface area (Å²) in [6.07, 6.45) is -0.590. The zero-order valence-electron chi connectivity index (χ0n) is 18.2. The van der Waals surface area contributed by atoms with Gasteiger partial charge in [-0.25, -0.2) is 4.79 Å². The van der Waals surface area contributed by atoms with Gasteiger partial charge in [-0.3, -0.25) is 10.1 Å². The van der Waals surface area contributed by atoms with Gasteiger partial charge in [-0.15, -0.1) is 0 Å². The van der Waals surface area contributed by atoms with E-state index < -0.39 is 11.7 Å². The van der Waals surface area contributed by atoms with Crippen molar-refractivity contribution in [3.8, 4) is 0 Å². The zero-order valence-corrected chi connectivity index (χ0v) is 18.2. The van der Waals surface area contributed by atoms with Crippen LogP contribution >= 0.6 is 0 Å². The number of para-hydroxylation sites is 2. The molecule has 2 aromatic carbocycles. The van der Waals surface area contributed by atoms with Crippen LogP contribution in [0.3, 0.4) is 0 Å². The van der Waals surface area contributed by atoms with E-state index in [0.29, 0.717) is 43.2 Å². The maximum absolute atomic E-state index is 12.6. The first-order chi connectivity index (χ1) is 14.8. The van der Waals surface area contributed by atoms with E-state index in [1.165, 1.54) is 0 Å². The van der Waals surface area contributed by atoms with Crippen LogP contribution in [0.5, 0.6) is 0 Å². The van der Waals surface area contributed by atoms with Crippen LogP contribution in [-0.4, -0.2) is 49.1 Å². The van der Waals surface area contributed by atoms with Gasteiger partial charge in [0.25, 0.3) is 5.91 Å². The quantitative estimate of drug-likeness (QED) is 0.431. The number of nitrogens with one attached hydrogen (secondary N) is 3. The molecular formula is C23H31N3O5. The maximum Gasteiger partial charge on any atom is 0.412 e. The number of benzene rings is 2. The van der Waals surface area contributed by atoms with E-state index in [4.69, 9.17) is 14.6 Å². The molecule has 2 aromatic rings. The summed E-state index contributed by atoms with van der Waals surface area (Å²) in [6.45, 7) is 7.54. The van der Waals surface area contributed by atoms with Crippen LogP contribution in [0.15, 0.2) is 48.5 Å². The molecule has 0 fully saturated rings. The summed E-state index contributed by atoms with van der Waals surface area (Å²) in [5.74, 6) is -0.282. The molecule has 2 rings (SSSR count). The topological polar surface area (TPSA) is 109 Å². The monoisotopic (exact) mass is 429 g/mol. The van der Waals surface area contributed by atoms with E-state index in [2.05, 4.69) is 16.0 Å². The Hall–Kier alpha value is -2.94. The predicted octanol–water partition coefficient (Wildman–Crippen LogP) is 3.38. The van der Waals surface area contributed by atoms with Crippen molar-refractivity contribution < 1.29 is 24.2 Å². The number of aliphatic hydroxyl groups is 1. The van der Waals surface area contributed by atoms with Gasteiger partial charge in [0.2, 0.25) is 0 Å². The summed E-state index contributed by atoms with van der Waals surface area (Å²) in [5, 5.41) is 17.4. The number of amides is 2. The number of aliphatic hydroxyl groups excluding tert-OH is 1. The number of hydrogen-bond donors (Lipinski definition) is 4. The molecule has 0 aliphatic heterocycles. The van der Waals surface area contributed by atoms with Crippen molar-refractivity contribution in [1.82, 2.24) is 5.32 Å². The van der Waals surface area contributed by atoms with Crippen molar-refractivity contribution >= 4 is 23.4 Å². The molecule has 0 unspecified atom stereocenters. The second-order valence-electron chi connectivity index (χ2n) is 7.84. The minimum Gasteiger partial charge on any atom is -0.444 e. The second-order valence-corrected chi connectivity index (χ2v) is 7.84. The Kier molecular flexibility index (Phi) is 9.45. The van der Waals surface area contributed by atoms with Crippen molar-refractivity contribution in [3.05, 3.63) is 59.7 Å². The fourth-order valence-corrected chi connectivity index (χ4v) is 2.63. The Morgan fingerprint density at radius 1 is 0.935 bits per heavy atom. The van der Waals surface area contributed by atoms with Gasteiger partial charge >= 0.3 is 6.09 Å². The van der Waals surface area contributed by atoms with Crippen molar-refractivity contribution in [3.63, 3.8) is 0 Å². The molecule has 2 amide bonds. The molecule has 0 saturated heterocycles. The van der Waals surface area contributed by atoms with E-state index in [1.54, 1.807) is 57.2 Å². The summed E-state index contributed by atoms with van der Waals surface area (Å²) in [7, 11) is 0. The molecule has 0 aliphatic carbocycles. The Morgan fingerprint density at radius 2 is 1.58 bits per heavy atom. The Bertz CT molecular complexity index is 847. The van der Waals surface area contributed by atoms with Gasteiger partial charge in [-0.2, -0.15) is 0 Å². The lowest BCUT2D eigenvalue weighted by Crippen LogP contribution is -2.27. The molecule has 0 atom stereocenters. The van der Waals surface area contributed by atoms with Gasteiger partial charge in [0, 0.05) is 18.7 Å². The van der Waals surface area contributed by atoms with Crippen molar-refractivity contribution in [2.75, 3.05) is 37.0 Å². The molecular weight excluding hydrogens is 398 g/mol. The van der Waals surface area contributed by atoms with Gasteiger partial charge < -0.3 is 25.2 Å². The first-order valence-electron chi connectivity index (χ1n) is 10.2. The normalized spacial score (nSPS) is 11.1. The summed E-state index contributed by atoms with van der Waals surface area (Å²) in [4.78, 5) is 24.7. The van der Waals surface area contributed by atoms with Crippen molar-refractivity contribution in [2.45, 2.75) is 32.9 Å². The smallest absolute Gasteiger partial charge is 0.412 e. The van der Waals surface area contributed by atoms with Gasteiger partial charge in [-0.05, 0) is 50.6 Å². The molecule has 8 nitrogen and oxygen atoms in total. The van der Waals surface area contributed by atoms with Crippen LogP contribution in [0.4, 0.5) is 16.2 Å². The first kappa shape index (κ1) is 24.3. The van der Waals surface area contributed by atoms with E-state index in [-0.39, 0.29) is 12.5 Å². The van der Waals surface area contributed by atoms with Gasteiger partial charge in [0.05, 0.1) is 31.2 Å². The van der Waals surface area contributed by atoms with Gasteiger partial charge in [-0.1, -0.05) is 24.3 Å². The summed E-state index contributed by atoms with van der Waals surface area (Å²) in [6, 6.07) is 14.2. The Morgan fingerprint density at radius 3 is 2.19 bits per heavy atom. The Labute approximate surface area is 182 Å². The fraction of sp³-hybridized carbons (Fsp3) is 0.391. The number of rotatable bonds is 10. The highest BCUT2D eigenvalue weighted by Crippen LogP contribution is 2.23. The number of hydrogen-bond acceptors (Lipinski definition) is 6. The zero-order chi connectivity index (χ0) is 22.7. The molecule has 0 aliphatic rings. The molecule has 0 saturated carbocycles. The van der Waals surface area contributed by atoms with Crippen molar-refractivity contribution in [2.24, 2.45) is 0 Å². The average molecular weight is 430 g/mol. The number of anilines is 2. The van der Waals surface area contributed by atoms with E-state index >= 15 is 0 Å². The van der Waals surface area contributed by atoms with Crippen LogP contribution < -0.4 is 16.0 Å². The highest BCUT2D eigenvalue weighted by Gasteiger charge is 2.17. The van der Waals surface area contributed by atoms with Crippen LogP contribution in [0.2, 0.25) is 0 Å². The third kappa shape index (κ3) is 9.17. The summed E-state index contributed by atoms with van der Waals surface area (Å²) in [5.41, 5.74) is 1.85. The van der Waals surface area contributed by atoms with E-state index in [9.17, 15) is 9.59 Å². The minimum atomic E-state index is -0.620. The van der Waals surface area contributed by atoms with Crippen LogP contribution in [0.25, 0.3) is 0 Å². The SMILES string of the molecule is CC(C)(C)OC(=O)Nc1ccccc1NC(=O)c1ccc(CNCCOCCO)cc1. The summed E-state index contributed by atoms with van der Waals surface area (Å²) >= 11 is 0. The number of carbonyl (C=O) groups excluding carboxylic acids is 2. The minimum absolute atomic E-state index is 0.0189. The molecule has 0 heterocycles. The fourth-order valence-electron chi connectivity index (χ4n) is 2.63. The van der Waals surface area contributed by atoms with Crippen molar-refractivity contribution in [1.29, 1.82) is 0 Å². The molecule has 0 bridgehead atoms. The molecule has 0 radical (unpaired) electrons. The highest BCUT2D eigenvalue weighted by atomic mass is 16.6. The lowest BCUT2D eigenvalue weighted by molar-refractivity contribution is 0.0635. The standard InChI is InChI=1S/C23H31N3O5/c1-23(2,3)31-22(29)26-20-7-5-4-6-19(20)25-21(28)18-10-8-17(9-11-18)16-24-12-14-30-15-13-27/h4-11,24,27H,12-16H2,1-3H3,(H,25,28)(H,26,29). The number of ether oxygens (including phenoxy) is 2. The number of carbonyl (C=O) groups is 2. The van der Waals surface area contributed by atoms with Gasteiger partial charge in [0.15, 0.2) is 0 Å². The lowest BCUT2D eigenvalue weighted by atomic mass is 10.1. The lowest BCUT2D eigenvalue weighted by Gasteiger charge is -2.20.